The maximum Gasteiger partial charge on any atom is 0.184 e. The normalized spacial score (nSPS) is 21.9. The van der Waals surface area contributed by atoms with Crippen molar-refractivity contribution in [3.05, 3.63) is 47.3 Å². The van der Waals surface area contributed by atoms with E-state index in [0.717, 1.165) is 17.3 Å². The van der Waals surface area contributed by atoms with E-state index >= 15 is 0 Å². The molecule has 2 unspecified atom stereocenters. The number of halogens is 1. The van der Waals surface area contributed by atoms with Crippen molar-refractivity contribution in [1.82, 2.24) is 9.78 Å². The largest absolute Gasteiger partial charge is 0.372 e. The van der Waals surface area contributed by atoms with Crippen molar-refractivity contribution in [3.63, 3.8) is 0 Å². The molecule has 1 aliphatic rings. The molecule has 1 fully saturated rings. The summed E-state index contributed by atoms with van der Waals surface area (Å²) >= 11 is 0. The minimum atomic E-state index is -3.59. The summed E-state index contributed by atoms with van der Waals surface area (Å²) in [5.74, 6) is 0. The molecule has 2 atom stereocenters. The minimum Gasteiger partial charge on any atom is -0.372 e. The molecule has 0 bridgehead atoms. The molecule has 0 amide bonds. The molecule has 0 N–H and O–H groups in total. The lowest BCUT2D eigenvalue weighted by molar-refractivity contribution is -0.00338. The third kappa shape index (κ3) is 6.42. The second-order valence-electron chi connectivity index (χ2n) is 11.9. The lowest BCUT2D eigenvalue weighted by atomic mass is 9.89. The van der Waals surface area contributed by atoms with Gasteiger partial charge in [0.2, 0.25) is 0 Å². The number of benzene rings is 1. The van der Waals surface area contributed by atoms with Gasteiger partial charge < -0.3 is 9.47 Å². The van der Waals surface area contributed by atoms with Crippen LogP contribution in [0.5, 0.6) is 0 Å². The summed E-state index contributed by atoms with van der Waals surface area (Å²) < 4.78 is 53.9. The second kappa shape index (κ2) is 10.4. The molecule has 0 spiro atoms. The number of nitrogens with zero attached hydrogens (tertiary/aromatic N) is 2. The molecule has 1 aliphatic heterocycles. The van der Waals surface area contributed by atoms with E-state index in [1.165, 1.54) is 0 Å². The molecule has 0 saturated carbocycles. The third-order valence-electron chi connectivity index (χ3n) is 6.88. The lowest BCUT2D eigenvalue weighted by Crippen LogP contribution is -2.42. The highest BCUT2D eigenvalue weighted by atomic mass is 32.2. The summed E-state index contributed by atoms with van der Waals surface area (Å²) in [6.45, 7) is 14.9. The Morgan fingerprint density at radius 1 is 1.29 bits per heavy atom. The summed E-state index contributed by atoms with van der Waals surface area (Å²) in [4.78, 5) is 0.334. The zero-order valence-corrected chi connectivity index (χ0v) is 24.0. The fourth-order valence-electron chi connectivity index (χ4n) is 4.31. The third-order valence-corrected chi connectivity index (χ3v) is 11.1. The Labute approximate surface area is 211 Å². The Morgan fingerprint density at radius 3 is 2.63 bits per heavy atom. The van der Waals surface area contributed by atoms with Gasteiger partial charge >= 0.3 is 0 Å². The first kappa shape index (κ1) is 28.0. The number of rotatable bonds is 10. The van der Waals surface area contributed by atoms with E-state index in [9.17, 15) is 12.8 Å². The van der Waals surface area contributed by atoms with Crippen LogP contribution in [-0.4, -0.2) is 50.9 Å². The van der Waals surface area contributed by atoms with Gasteiger partial charge in [0.25, 0.3) is 0 Å². The number of aryl methyl sites for hydroxylation is 1. The van der Waals surface area contributed by atoms with Gasteiger partial charge in [-0.25, -0.2) is 13.1 Å². The van der Waals surface area contributed by atoms with Gasteiger partial charge in [-0.1, -0.05) is 45.6 Å². The first-order valence-corrected chi connectivity index (χ1v) is 17.5. The van der Waals surface area contributed by atoms with E-state index in [1.807, 2.05) is 32.9 Å². The van der Waals surface area contributed by atoms with Crippen LogP contribution in [0.4, 0.5) is 4.39 Å². The average Bonchev–Trinajstić information content (AvgIpc) is 3.21. The van der Waals surface area contributed by atoms with E-state index in [-0.39, 0.29) is 13.2 Å². The van der Waals surface area contributed by atoms with Crippen LogP contribution < -0.4 is 0 Å². The first-order chi connectivity index (χ1) is 16.2. The molecule has 2 heterocycles. The van der Waals surface area contributed by atoms with Crippen molar-refractivity contribution in [2.45, 2.75) is 94.1 Å². The Hall–Kier alpha value is -1.55. The Kier molecular flexibility index (Phi) is 8.36. The summed E-state index contributed by atoms with van der Waals surface area (Å²) in [6.07, 6.45) is 0.195. The van der Waals surface area contributed by atoms with Crippen LogP contribution in [-0.2, 0) is 31.5 Å². The van der Waals surface area contributed by atoms with Crippen LogP contribution in [0, 0.1) is 6.92 Å². The fourth-order valence-corrected chi connectivity index (χ4v) is 6.95. The summed E-state index contributed by atoms with van der Waals surface area (Å²) in [6, 6.07) is 9.94. The van der Waals surface area contributed by atoms with Crippen molar-refractivity contribution in [2.24, 2.45) is 0 Å². The van der Waals surface area contributed by atoms with E-state index in [1.54, 1.807) is 29.8 Å². The van der Waals surface area contributed by atoms with Crippen molar-refractivity contribution in [1.29, 1.82) is 0 Å². The fraction of sp³-hybridized carbons (Fsp3) is 0.654. The summed E-state index contributed by atoms with van der Waals surface area (Å²) in [5, 5.41) is 4.73. The van der Waals surface area contributed by atoms with E-state index in [4.69, 9.17) is 14.6 Å². The first-order valence-electron chi connectivity index (χ1n) is 12.3. The van der Waals surface area contributed by atoms with Crippen molar-refractivity contribution in [3.8, 4) is 0 Å². The maximum absolute atomic E-state index is 13.9. The molecule has 3 rings (SSSR count). The van der Waals surface area contributed by atoms with Gasteiger partial charge in [-0.2, -0.15) is 5.10 Å². The van der Waals surface area contributed by atoms with Gasteiger partial charge in [0.1, 0.15) is 19.5 Å². The highest BCUT2D eigenvalue weighted by Crippen LogP contribution is 2.42. The highest BCUT2D eigenvalue weighted by molar-refractivity contribution is 7.92. The molecule has 0 radical (unpaired) electrons. The second-order valence-corrected chi connectivity index (χ2v) is 20.0. The van der Waals surface area contributed by atoms with Crippen LogP contribution in [0.1, 0.15) is 56.7 Å². The Balaban J connectivity index is 1.87. The van der Waals surface area contributed by atoms with Crippen molar-refractivity contribution in [2.75, 3.05) is 19.9 Å². The van der Waals surface area contributed by atoms with E-state index < -0.39 is 40.9 Å². The van der Waals surface area contributed by atoms with Gasteiger partial charge in [-0.05, 0) is 56.5 Å². The quantitative estimate of drug-likeness (QED) is 0.289. The van der Waals surface area contributed by atoms with Crippen LogP contribution in [0.25, 0.3) is 0 Å². The van der Waals surface area contributed by atoms with Gasteiger partial charge in [0.15, 0.2) is 9.84 Å². The molecule has 2 aromatic rings. The van der Waals surface area contributed by atoms with E-state index in [0.29, 0.717) is 30.2 Å². The zero-order chi connectivity index (χ0) is 26.1. The minimum absolute atomic E-state index is 0.231. The molecule has 1 saturated heterocycles. The standard InChI is InChI=1S/C26H41FN2O4SSi/c1-20-9-8-10-21(15-20)34(30,31)26(4)11-12-33-23(17-26)22-16-24(25(2,3)18-27)29(28-22)19-32-13-14-35(5,6)7/h8-10,15-16,23H,11-14,17-19H2,1-7H3. The monoisotopic (exact) mass is 524 g/mol. The van der Waals surface area contributed by atoms with Crippen LogP contribution >= 0.6 is 0 Å². The van der Waals surface area contributed by atoms with Crippen LogP contribution in [0.2, 0.25) is 25.7 Å². The predicted octanol–water partition coefficient (Wildman–Crippen LogP) is 5.84. The predicted molar refractivity (Wildman–Crippen MR) is 140 cm³/mol. The van der Waals surface area contributed by atoms with Gasteiger partial charge in [0, 0.05) is 32.4 Å². The number of ether oxygens (including phenoxy) is 2. The number of sulfone groups is 1. The van der Waals surface area contributed by atoms with Crippen molar-refractivity contribution >= 4 is 17.9 Å². The van der Waals surface area contributed by atoms with Gasteiger partial charge in [-0.3, -0.25) is 4.39 Å². The average molecular weight is 525 g/mol. The molecule has 35 heavy (non-hydrogen) atoms. The topological polar surface area (TPSA) is 70.4 Å². The van der Waals surface area contributed by atoms with E-state index in [2.05, 4.69) is 19.6 Å². The Morgan fingerprint density at radius 2 is 2.00 bits per heavy atom. The Bertz CT molecular complexity index is 1130. The molecule has 1 aromatic heterocycles. The smallest absolute Gasteiger partial charge is 0.184 e. The molecular weight excluding hydrogens is 483 g/mol. The SMILES string of the molecule is Cc1cccc(S(=O)(=O)C2(C)CCOC(c3cc(C(C)(C)CF)n(COCC[Si](C)(C)C)n3)C2)c1. The highest BCUT2D eigenvalue weighted by Gasteiger charge is 2.46. The molecule has 1 aromatic carbocycles. The van der Waals surface area contributed by atoms with Crippen LogP contribution in [0.3, 0.4) is 0 Å². The van der Waals surface area contributed by atoms with Gasteiger partial charge in [-0.15, -0.1) is 0 Å². The summed E-state index contributed by atoms with van der Waals surface area (Å²) in [5.41, 5.74) is 1.50. The molecular formula is C26H41FN2O4SSi. The molecule has 9 heteroatoms. The number of hydrogen-bond acceptors (Lipinski definition) is 5. The zero-order valence-electron chi connectivity index (χ0n) is 22.2. The molecule has 6 nitrogen and oxygen atoms in total. The van der Waals surface area contributed by atoms with Crippen LogP contribution in [0.15, 0.2) is 35.2 Å². The number of aromatic nitrogens is 2. The number of hydrogen-bond donors (Lipinski definition) is 0. The van der Waals surface area contributed by atoms with Gasteiger partial charge in [0.05, 0.1) is 15.3 Å². The molecule has 0 aliphatic carbocycles. The van der Waals surface area contributed by atoms with Crippen molar-refractivity contribution < 1.29 is 22.3 Å². The summed E-state index contributed by atoms with van der Waals surface area (Å²) in [7, 11) is -4.82. The lowest BCUT2D eigenvalue weighted by Gasteiger charge is -2.37. The molecule has 196 valence electrons. The number of alkyl halides is 1. The maximum atomic E-state index is 13.9.